The Morgan fingerprint density at radius 1 is 0.848 bits per heavy atom. The van der Waals surface area contributed by atoms with Crippen LogP contribution in [0, 0.1) is 5.92 Å². The van der Waals surface area contributed by atoms with Crippen molar-refractivity contribution in [1.82, 2.24) is 16.0 Å². The van der Waals surface area contributed by atoms with E-state index in [1.165, 1.54) is 6.92 Å². The summed E-state index contributed by atoms with van der Waals surface area (Å²) in [4.78, 5) is 59.9. The van der Waals surface area contributed by atoms with Crippen molar-refractivity contribution in [2.75, 3.05) is 6.54 Å². The lowest BCUT2D eigenvalue weighted by Crippen LogP contribution is -2.58. The van der Waals surface area contributed by atoms with Gasteiger partial charge in [0.05, 0.1) is 18.6 Å². The summed E-state index contributed by atoms with van der Waals surface area (Å²) >= 11 is 0. The van der Waals surface area contributed by atoms with Crippen LogP contribution >= 0.6 is 0 Å². The molecule has 3 amide bonds. The number of aliphatic hydroxyl groups is 1. The Kier molecular flexibility index (Phi) is 13.9. The maximum atomic E-state index is 12.9. The van der Waals surface area contributed by atoms with Gasteiger partial charge in [-0.25, -0.2) is 4.79 Å². The highest BCUT2D eigenvalue weighted by molar-refractivity contribution is 5.94. The predicted octanol–water partition coefficient (Wildman–Crippen LogP) is -2.12. The van der Waals surface area contributed by atoms with Crippen LogP contribution in [0.2, 0.25) is 0 Å². The van der Waals surface area contributed by atoms with E-state index in [9.17, 15) is 34.2 Å². The minimum atomic E-state index is -1.58. The highest BCUT2D eigenvalue weighted by Crippen LogP contribution is 2.09. The SMILES string of the molecule is CC(C)CC(NC(=O)C(N)CC(=O)O)C(=O)NC(CCCCN)C(=O)NC(C(=O)O)C(C)O. The van der Waals surface area contributed by atoms with Crippen molar-refractivity contribution in [1.29, 1.82) is 0 Å². The molecule has 0 aromatic rings. The van der Waals surface area contributed by atoms with Crippen LogP contribution in [0.25, 0.3) is 0 Å². The molecule has 0 aliphatic rings. The number of carbonyl (C=O) groups excluding carboxylic acids is 3. The Morgan fingerprint density at radius 3 is 1.85 bits per heavy atom. The van der Waals surface area contributed by atoms with Gasteiger partial charge in [0.25, 0.3) is 0 Å². The van der Waals surface area contributed by atoms with E-state index in [0.29, 0.717) is 19.4 Å². The van der Waals surface area contributed by atoms with Gasteiger partial charge in [0, 0.05) is 0 Å². The number of carboxylic acids is 2. The Morgan fingerprint density at radius 2 is 1.39 bits per heavy atom. The number of unbranched alkanes of at least 4 members (excludes halogenated alkanes) is 1. The third-order valence-corrected chi connectivity index (χ3v) is 4.70. The van der Waals surface area contributed by atoms with Crippen LogP contribution in [-0.4, -0.2) is 81.8 Å². The summed E-state index contributed by atoms with van der Waals surface area (Å²) in [6.45, 7) is 5.15. The molecular weight excluding hydrogens is 438 g/mol. The Labute approximate surface area is 192 Å². The fourth-order valence-corrected chi connectivity index (χ4v) is 2.94. The molecule has 5 unspecified atom stereocenters. The molecule has 190 valence electrons. The molecule has 0 radical (unpaired) electrons. The fourth-order valence-electron chi connectivity index (χ4n) is 2.94. The molecular formula is C20H37N5O8. The van der Waals surface area contributed by atoms with Gasteiger partial charge in [0.1, 0.15) is 12.1 Å². The van der Waals surface area contributed by atoms with E-state index < -0.39 is 66.4 Å². The molecule has 0 saturated heterocycles. The van der Waals surface area contributed by atoms with E-state index in [1.807, 2.05) is 0 Å². The van der Waals surface area contributed by atoms with Gasteiger partial charge in [-0.15, -0.1) is 0 Å². The van der Waals surface area contributed by atoms with Crippen LogP contribution in [0.15, 0.2) is 0 Å². The first-order valence-electron chi connectivity index (χ1n) is 10.8. The first-order valence-corrected chi connectivity index (χ1v) is 10.8. The highest BCUT2D eigenvalue weighted by atomic mass is 16.4. The molecule has 5 atom stereocenters. The third-order valence-electron chi connectivity index (χ3n) is 4.70. The van der Waals surface area contributed by atoms with Gasteiger partial charge >= 0.3 is 11.9 Å². The summed E-state index contributed by atoms with van der Waals surface area (Å²) in [5.74, 6) is -5.12. The van der Waals surface area contributed by atoms with E-state index in [-0.39, 0.29) is 18.8 Å². The number of nitrogens with one attached hydrogen (secondary N) is 3. The Hall–Kier alpha value is -2.77. The average Bonchev–Trinajstić information content (AvgIpc) is 2.69. The Bertz CT molecular complexity index is 685. The molecule has 10 N–H and O–H groups in total. The molecule has 0 heterocycles. The van der Waals surface area contributed by atoms with Crippen LogP contribution in [0.1, 0.15) is 52.9 Å². The smallest absolute Gasteiger partial charge is 0.328 e. The molecule has 0 saturated carbocycles. The van der Waals surface area contributed by atoms with Gasteiger partial charge in [0.15, 0.2) is 6.04 Å². The van der Waals surface area contributed by atoms with Crippen LogP contribution in [0.5, 0.6) is 0 Å². The molecule has 0 spiro atoms. The van der Waals surface area contributed by atoms with Gasteiger partial charge in [-0.2, -0.15) is 0 Å². The summed E-state index contributed by atoms with van der Waals surface area (Å²) in [6, 6.07) is -5.19. The first kappa shape index (κ1) is 30.2. The summed E-state index contributed by atoms with van der Waals surface area (Å²) < 4.78 is 0. The second-order valence-electron chi connectivity index (χ2n) is 8.31. The summed E-state index contributed by atoms with van der Waals surface area (Å²) in [5, 5.41) is 34.7. The number of carboxylic acid groups (broad SMARTS) is 2. The van der Waals surface area contributed by atoms with E-state index in [0.717, 1.165) is 0 Å². The molecule has 0 aromatic heterocycles. The maximum Gasteiger partial charge on any atom is 0.328 e. The molecule has 33 heavy (non-hydrogen) atoms. The number of carbonyl (C=O) groups is 5. The van der Waals surface area contributed by atoms with Gasteiger partial charge in [-0.3, -0.25) is 19.2 Å². The van der Waals surface area contributed by atoms with Crippen LogP contribution in [0.4, 0.5) is 0 Å². The van der Waals surface area contributed by atoms with Crippen LogP contribution < -0.4 is 27.4 Å². The van der Waals surface area contributed by atoms with Crippen LogP contribution in [-0.2, 0) is 24.0 Å². The van der Waals surface area contributed by atoms with Gasteiger partial charge < -0.3 is 42.7 Å². The van der Waals surface area contributed by atoms with E-state index in [4.69, 9.17) is 16.6 Å². The second-order valence-corrected chi connectivity index (χ2v) is 8.31. The molecule has 13 nitrogen and oxygen atoms in total. The zero-order valence-corrected chi connectivity index (χ0v) is 19.2. The van der Waals surface area contributed by atoms with E-state index in [2.05, 4.69) is 16.0 Å². The quantitative estimate of drug-likeness (QED) is 0.113. The summed E-state index contributed by atoms with van der Waals surface area (Å²) in [5.41, 5.74) is 11.0. The zero-order chi connectivity index (χ0) is 25.7. The number of aliphatic carboxylic acids is 2. The van der Waals surface area contributed by atoms with Crippen molar-refractivity contribution in [2.45, 2.75) is 83.1 Å². The molecule has 13 heteroatoms. The fraction of sp³-hybridized carbons (Fsp3) is 0.750. The molecule has 0 fully saturated rings. The molecule has 0 aliphatic heterocycles. The number of aliphatic hydroxyl groups excluding tert-OH is 1. The maximum absolute atomic E-state index is 12.9. The van der Waals surface area contributed by atoms with Crippen molar-refractivity contribution in [2.24, 2.45) is 17.4 Å². The van der Waals surface area contributed by atoms with Gasteiger partial charge in [0.2, 0.25) is 17.7 Å². The van der Waals surface area contributed by atoms with E-state index >= 15 is 0 Å². The van der Waals surface area contributed by atoms with Gasteiger partial charge in [-0.1, -0.05) is 13.8 Å². The largest absolute Gasteiger partial charge is 0.481 e. The summed E-state index contributed by atoms with van der Waals surface area (Å²) in [6.07, 6.45) is -0.681. The number of rotatable bonds is 16. The van der Waals surface area contributed by atoms with Crippen molar-refractivity contribution < 1.29 is 39.3 Å². The molecule has 0 aromatic carbocycles. The van der Waals surface area contributed by atoms with Crippen molar-refractivity contribution in [3.63, 3.8) is 0 Å². The van der Waals surface area contributed by atoms with Crippen molar-refractivity contribution in [3.05, 3.63) is 0 Å². The lowest BCUT2D eigenvalue weighted by Gasteiger charge is -2.26. The second kappa shape index (κ2) is 15.1. The Balaban J connectivity index is 5.51. The number of hydrogen-bond acceptors (Lipinski definition) is 8. The van der Waals surface area contributed by atoms with Crippen molar-refractivity contribution in [3.8, 4) is 0 Å². The number of hydrogen-bond donors (Lipinski definition) is 8. The third kappa shape index (κ3) is 12.2. The molecule has 0 aliphatic carbocycles. The van der Waals surface area contributed by atoms with Crippen LogP contribution in [0.3, 0.4) is 0 Å². The number of nitrogens with two attached hydrogens (primary N) is 2. The first-order chi connectivity index (χ1) is 15.3. The zero-order valence-electron chi connectivity index (χ0n) is 19.2. The van der Waals surface area contributed by atoms with E-state index in [1.54, 1.807) is 13.8 Å². The minimum absolute atomic E-state index is 0.0482. The molecule has 0 rings (SSSR count). The topological polar surface area (TPSA) is 234 Å². The van der Waals surface area contributed by atoms with Gasteiger partial charge in [-0.05, 0) is 45.1 Å². The lowest BCUT2D eigenvalue weighted by atomic mass is 10.0. The monoisotopic (exact) mass is 475 g/mol. The highest BCUT2D eigenvalue weighted by Gasteiger charge is 2.32. The summed E-state index contributed by atoms with van der Waals surface area (Å²) in [7, 11) is 0. The normalized spacial score (nSPS) is 15.6. The predicted molar refractivity (Wildman–Crippen MR) is 118 cm³/mol. The van der Waals surface area contributed by atoms with Crippen molar-refractivity contribution >= 4 is 29.7 Å². The lowest BCUT2D eigenvalue weighted by molar-refractivity contribution is -0.145. The number of amides is 3. The average molecular weight is 476 g/mol. The molecule has 0 bridgehead atoms. The minimum Gasteiger partial charge on any atom is -0.481 e. The standard InChI is InChI=1S/C20H37N5O8/c1-10(2)8-14(24-17(29)12(22)9-15(27)28)19(31)23-13(6-4-5-7-21)18(30)25-16(11(3)26)20(32)33/h10-14,16,26H,4-9,21-22H2,1-3H3,(H,23,31)(H,24,29)(H,25,30)(H,27,28)(H,32,33).